The van der Waals surface area contributed by atoms with Gasteiger partial charge in [-0.2, -0.15) is 0 Å². The third-order valence-corrected chi connectivity index (χ3v) is 6.46. The molecule has 1 aliphatic rings. The Labute approximate surface area is 165 Å². The van der Waals surface area contributed by atoms with Gasteiger partial charge in [-0.25, -0.2) is 17.5 Å². The van der Waals surface area contributed by atoms with Crippen LogP contribution in [0.15, 0.2) is 47.4 Å². The first-order valence-electron chi connectivity index (χ1n) is 9.51. The third-order valence-electron chi connectivity index (χ3n) is 5.00. The molecule has 0 saturated carbocycles. The van der Waals surface area contributed by atoms with Gasteiger partial charge in [-0.15, -0.1) is 0 Å². The maximum Gasteiger partial charge on any atom is 0.240 e. The number of hydrogen-bond acceptors (Lipinski definition) is 3. The van der Waals surface area contributed by atoms with Crippen LogP contribution in [0.2, 0.25) is 0 Å². The van der Waals surface area contributed by atoms with Crippen LogP contribution in [-0.4, -0.2) is 20.9 Å². The van der Waals surface area contributed by atoms with Gasteiger partial charge in [0.05, 0.1) is 10.9 Å². The fourth-order valence-electron chi connectivity index (χ4n) is 3.43. The number of sulfonamides is 1. The number of carbonyl (C=O) groups excluding carboxylic acids is 1. The molecule has 150 valence electrons. The van der Waals surface area contributed by atoms with Gasteiger partial charge < -0.3 is 5.32 Å². The summed E-state index contributed by atoms with van der Waals surface area (Å²) in [6, 6.07) is 10.9. The summed E-state index contributed by atoms with van der Waals surface area (Å²) in [7, 11) is -3.66. The average Bonchev–Trinajstić information content (AvgIpc) is 2.67. The second kappa shape index (κ2) is 8.84. The molecular weight excluding hydrogens is 379 g/mol. The first-order chi connectivity index (χ1) is 13.3. The SMILES string of the molecule is CC(NC(=O)CCNS(=O)(=O)c1ccc2c(c1)CCCC2)c1cccc(F)c1. The Morgan fingerprint density at radius 3 is 2.61 bits per heavy atom. The van der Waals surface area contributed by atoms with Crippen LogP contribution in [0.4, 0.5) is 4.39 Å². The van der Waals surface area contributed by atoms with Crippen molar-refractivity contribution in [2.45, 2.75) is 50.0 Å². The van der Waals surface area contributed by atoms with Crippen molar-refractivity contribution in [2.24, 2.45) is 0 Å². The van der Waals surface area contributed by atoms with Crippen LogP contribution in [-0.2, 0) is 27.7 Å². The molecule has 3 rings (SSSR count). The van der Waals surface area contributed by atoms with Crippen molar-refractivity contribution < 1.29 is 17.6 Å². The van der Waals surface area contributed by atoms with Gasteiger partial charge in [0.15, 0.2) is 0 Å². The minimum Gasteiger partial charge on any atom is -0.350 e. The summed E-state index contributed by atoms with van der Waals surface area (Å²) in [4.78, 5) is 12.3. The minimum atomic E-state index is -3.66. The molecule has 1 aliphatic carbocycles. The van der Waals surface area contributed by atoms with Gasteiger partial charge in [0.2, 0.25) is 15.9 Å². The fraction of sp³-hybridized carbons (Fsp3) is 0.381. The number of fused-ring (bicyclic) bond motifs is 1. The van der Waals surface area contributed by atoms with Crippen LogP contribution in [0, 0.1) is 5.82 Å². The van der Waals surface area contributed by atoms with Gasteiger partial charge in [-0.3, -0.25) is 4.79 Å². The van der Waals surface area contributed by atoms with Crippen molar-refractivity contribution in [1.82, 2.24) is 10.0 Å². The topological polar surface area (TPSA) is 75.3 Å². The lowest BCUT2D eigenvalue weighted by atomic mass is 9.92. The summed E-state index contributed by atoms with van der Waals surface area (Å²) in [5.41, 5.74) is 2.97. The van der Waals surface area contributed by atoms with E-state index < -0.39 is 10.0 Å². The van der Waals surface area contributed by atoms with E-state index in [9.17, 15) is 17.6 Å². The van der Waals surface area contributed by atoms with Crippen LogP contribution in [0.3, 0.4) is 0 Å². The molecule has 1 unspecified atom stereocenters. The molecule has 5 nitrogen and oxygen atoms in total. The van der Waals surface area contributed by atoms with Gasteiger partial charge in [-0.1, -0.05) is 18.2 Å². The Balaban J connectivity index is 1.53. The number of hydrogen-bond donors (Lipinski definition) is 2. The highest BCUT2D eigenvalue weighted by Crippen LogP contribution is 2.24. The maximum atomic E-state index is 13.3. The summed E-state index contributed by atoms with van der Waals surface area (Å²) < 4.78 is 40.8. The van der Waals surface area contributed by atoms with E-state index in [0.29, 0.717) is 5.56 Å². The Bertz CT molecular complexity index is 960. The molecule has 0 radical (unpaired) electrons. The summed E-state index contributed by atoms with van der Waals surface area (Å²) in [5, 5.41) is 2.75. The van der Waals surface area contributed by atoms with Crippen LogP contribution in [0.5, 0.6) is 0 Å². The fourth-order valence-corrected chi connectivity index (χ4v) is 4.51. The summed E-state index contributed by atoms with van der Waals surface area (Å²) in [6.45, 7) is 1.76. The van der Waals surface area contributed by atoms with Gasteiger partial charge in [0.1, 0.15) is 5.82 Å². The average molecular weight is 405 g/mol. The van der Waals surface area contributed by atoms with E-state index >= 15 is 0 Å². The van der Waals surface area contributed by atoms with Crippen molar-refractivity contribution in [3.63, 3.8) is 0 Å². The molecule has 0 fully saturated rings. The van der Waals surface area contributed by atoms with Crippen molar-refractivity contribution >= 4 is 15.9 Å². The highest BCUT2D eigenvalue weighted by molar-refractivity contribution is 7.89. The van der Waals surface area contributed by atoms with Gasteiger partial charge in [0, 0.05) is 13.0 Å². The van der Waals surface area contributed by atoms with E-state index in [1.54, 1.807) is 31.2 Å². The molecule has 2 aromatic rings. The van der Waals surface area contributed by atoms with Crippen LogP contribution >= 0.6 is 0 Å². The molecule has 0 spiro atoms. The Morgan fingerprint density at radius 2 is 1.86 bits per heavy atom. The normalized spacial score (nSPS) is 14.9. The lowest BCUT2D eigenvalue weighted by Crippen LogP contribution is -2.32. The quantitative estimate of drug-likeness (QED) is 0.744. The highest BCUT2D eigenvalue weighted by Gasteiger charge is 2.18. The van der Waals surface area contributed by atoms with E-state index in [1.807, 2.05) is 6.07 Å². The number of amides is 1. The predicted octanol–water partition coefficient (Wildman–Crippen LogP) is 3.25. The van der Waals surface area contributed by atoms with E-state index in [0.717, 1.165) is 31.2 Å². The number of benzene rings is 2. The number of halogens is 1. The zero-order valence-corrected chi connectivity index (χ0v) is 16.7. The molecule has 2 N–H and O–H groups in total. The standard InChI is InChI=1S/C21H25FN2O3S/c1-15(17-7-4-8-19(22)13-17)24-21(25)11-12-23-28(26,27)20-10-9-16-5-2-3-6-18(16)14-20/h4,7-10,13-15,23H,2-3,5-6,11-12H2,1H3,(H,24,25). The maximum absolute atomic E-state index is 13.3. The Kier molecular flexibility index (Phi) is 6.46. The van der Waals surface area contributed by atoms with Gasteiger partial charge in [-0.05, 0) is 73.6 Å². The Hall–Kier alpha value is -2.25. The lowest BCUT2D eigenvalue weighted by molar-refractivity contribution is -0.121. The molecule has 1 atom stereocenters. The van der Waals surface area contributed by atoms with E-state index in [4.69, 9.17) is 0 Å². The van der Waals surface area contributed by atoms with Gasteiger partial charge in [0.25, 0.3) is 0 Å². The first kappa shape index (κ1) is 20.5. The smallest absolute Gasteiger partial charge is 0.240 e. The number of carbonyl (C=O) groups is 1. The highest BCUT2D eigenvalue weighted by atomic mass is 32.2. The number of nitrogens with one attached hydrogen (secondary N) is 2. The van der Waals surface area contributed by atoms with Crippen LogP contribution in [0.1, 0.15) is 48.9 Å². The molecule has 28 heavy (non-hydrogen) atoms. The van der Waals surface area contributed by atoms with Crippen LogP contribution in [0.25, 0.3) is 0 Å². The number of rotatable bonds is 7. The van der Waals surface area contributed by atoms with E-state index in [1.165, 1.54) is 17.7 Å². The molecule has 0 aliphatic heterocycles. The molecule has 0 saturated heterocycles. The molecule has 1 amide bonds. The monoisotopic (exact) mass is 404 g/mol. The summed E-state index contributed by atoms with van der Waals surface area (Å²) in [5.74, 6) is -0.665. The third kappa shape index (κ3) is 5.17. The van der Waals surface area contributed by atoms with E-state index in [2.05, 4.69) is 10.0 Å². The Morgan fingerprint density at radius 1 is 1.11 bits per heavy atom. The van der Waals surface area contributed by atoms with Crippen molar-refractivity contribution in [1.29, 1.82) is 0 Å². The zero-order valence-electron chi connectivity index (χ0n) is 15.9. The predicted molar refractivity (Wildman–Crippen MR) is 106 cm³/mol. The van der Waals surface area contributed by atoms with Crippen molar-refractivity contribution in [2.75, 3.05) is 6.54 Å². The summed E-state index contributed by atoms with van der Waals surface area (Å²) >= 11 is 0. The molecule has 2 aromatic carbocycles. The molecule has 7 heteroatoms. The second-order valence-electron chi connectivity index (χ2n) is 7.13. The second-order valence-corrected chi connectivity index (χ2v) is 8.90. The molecule has 0 heterocycles. The summed E-state index contributed by atoms with van der Waals surface area (Å²) in [6.07, 6.45) is 4.11. The zero-order chi connectivity index (χ0) is 20.1. The van der Waals surface area contributed by atoms with Crippen molar-refractivity contribution in [3.8, 4) is 0 Å². The van der Waals surface area contributed by atoms with E-state index in [-0.39, 0.29) is 35.6 Å². The van der Waals surface area contributed by atoms with Crippen LogP contribution < -0.4 is 10.0 Å². The number of aryl methyl sites for hydroxylation is 2. The lowest BCUT2D eigenvalue weighted by Gasteiger charge is -2.17. The largest absolute Gasteiger partial charge is 0.350 e. The van der Waals surface area contributed by atoms with Crippen molar-refractivity contribution in [3.05, 3.63) is 65.0 Å². The molecule has 0 bridgehead atoms. The molecular formula is C21H25FN2O3S. The minimum absolute atomic E-state index is 0.00111. The molecule has 0 aromatic heterocycles. The van der Waals surface area contributed by atoms with Gasteiger partial charge >= 0.3 is 0 Å². The first-order valence-corrected chi connectivity index (χ1v) is 11.0.